The minimum Gasteiger partial charge on any atom is -0.452 e. The Labute approximate surface area is 196 Å². The van der Waals surface area contributed by atoms with E-state index in [4.69, 9.17) is 4.74 Å². The van der Waals surface area contributed by atoms with Gasteiger partial charge in [-0.25, -0.2) is 0 Å². The second-order valence-electron chi connectivity index (χ2n) is 7.79. The van der Waals surface area contributed by atoms with Crippen molar-refractivity contribution >= 4 is 29.5 Å². The molecule has 1 heterocycles. The fraction of sp³-hybridized carbons (Fsp3) is 0.320. The largest absolute Gasteiger partial charge is 0.452 e. The van der Waals surface area contributed by atoms with E-state index in [1.807, 2.05) is 30.3 Å². The van der Waals surface area contributed by atoms with Crippen molar-refractivity contribution in [1.29, 1.82) is 0 Å². The maximum absolute atomic E-state index is 12.5. The van der Waals surface area contributed by atoms with Gasteiger partial charge in [-0.3, -0.25) is 14.4 Å². The predicted molar refractivity (Wildman–Crippen MR) is 122 cm³/mol. The zero-order valence-corrected chi connectivity index (χ0v) is 18.7. The number of nitrogens with one attached hydrogen (secondary N) is 1. The van der Waals surface area contributed by atoms with Crippen molar-refractivity contribution in [3.05, 3.63) is 66.2 Å². The third-order valence-electron chi connectivity index (χ3n) is 5.38. The van der Waals surface area contributed by atoms with Crippen molar-refractivity contribution in [2.45, 2.75) is 32.5 Å². The number of esters is 1. The maximum atomic E-state index is 12.5. The number of benzene rings is 2. The summed E-state index contributed by atoms with van der Waals surface area (Å²) in [5, 5.41) is 2.44. The molecule has 1 aliphatic rings. The van der Waals surface area contributed by atoms with E-state index in [-0.39, 0.29) is 17.3 Å². The summed E-state index contributed by atoms with van der Waals surface area (Å²) in [4.78, 5) is 39.0. The van der Waals surface area contributed by atoms with Crippen LogP contribution in [0.25, 0.3) is 6.08 Å². The Bertz CT molecular complexity index is 1020. The van der Waals surface area contributed by atoms with Crippen LogP contribution in [-0.2, 0) is 19.1 Å². The number of alkyl halides is 2. The van der Waals surface area contributed by atoms with Crippen molar-refractivity contribution < 1.29 is 32.6 Å². The number of para-hydroxylation sites is 2. The van der Waals surface area contributed by atoms with Crippen LogP contribution in [0.2, 0.25) is 0 Å². The van der Waals surface area contributed by atoms with E-state index < -0.39 is 30.5 Å². The van der Waals surface area contributed by atoms with Crippen molar-refractivity contribution in [3.8, 4) is 5.75 Å². The zero-order valence-electron chi connectivity index (χ0n) is 18.7. The van der Waals surface area contributed by atoms with Crippen LogP contribution in [0.15, 0.2) is 60.7 Å². The molecule has 1 fully saturated rings. The highest BCUT2D eigenvalue weighted by Crippen LogP contribution is 2.26. The summed E-state index contributed by atoms with van der Waals surface area (Å²) in [5.41, 5.74) is 0.969. The van der Waals surface area contributed by atoms with Gasteiger partial charge in [0, 0.05) is 19.2 Å². The van der Waals surface area contributed by atoms with Gasteiger partial charge >= 0.3 is 12.6 Å². The van der Waals surface area contributed by atoms with Gasteiger partial charge in [0.25, 0.3) is 5.91 Å². The molecule has 0 bridgehead atoms. The molecular weight excluding hydrogens is 446 g/mol. The van der Waals surface area contributed by atoms with Crippen molar-refractivity contribution in [2.24, 2.45) is 5.92 Å². The first-order valence-corrected chi connectivity index (χ1v) is 10.9. The molecule has 1 atom stereocenters. The minimum absolute atomic E-state index is 0.0473. The number of halogens is 2. The summed E-state index contributed by atoms with van der Waals surface area (Å²) in [6.07, 6.45) is 2.95. The summed E-state index contributed by atoms with van der Waals surface area (Å²) in [6, 6.07) is 15.2. The molecule has 9 heteroatoms. The van der Waals surface area contributed by atoms with Crippen LogP contribution in [0.3, 0.4) is 0 Å². The Morgan fingerprint density at radius 2 is 1.68 bits per heavy atom. The van der Waals surface area contributed by atoms with E-state index in [1.54, 1.807) is 17.0 Å². The number of likely N-dealkylation sites (tertiary alicyclic amines) is 1. The monoisotopic (exact) mass is 472 g/mol. The molecule has 2 amide bonds. The number of ether oxygens (including phenoxy) is 2. The van der Waals surface area contributed by atoms with Gasteiger partial charge in [-0.05, 0) is 43.5 Å². The molecule has 0 spiro atoms. The third kappa shape index (κ3) is 7.13. The van der Waals surface area contributed by atoms with Crippen LogP contribution in [0.1, 0.15) is 25.3 Å². The lowest BCUT2D eigenvalue weighted by atomic mass is 9.97. The van der Waals surface area contributed by atoms with Crippen LogP contribution in [-0.4, -0.2) is 48.5 Å². The average Bonchev–Trinajstić information content (AvgIpc) is 2.84. The predicted octanol–water partition coefficient (Wildman–Crippen LogP) is 4.11. The van der Waals surface area contributed by atoms with Gasteiger partial charge in [-0.1, -0.05) is 42.5 Å². The van der Waals surface area contributed by atoms with Gasteiger partial charge in [-0.2, -0.15) is 8.78 Å². The Hall–Kier alpha value is -3.75. The van der Waals surface area contributed by atoms with E-state index in [0.717, 1.165) is 5.56 Å². The highest BCUT2D eigenvalue weighted by atomic mass is 19.3. The molecule has 34 heavy (non-hydrogen) atoms. The third-order valence-corrected chi connectivity index (χ3v) is 5.38. The fourth-order valence-electron chi connectivity index (χ4n) is 3.50. The number of nitrogens with zero attached hydrogens (tertiary/aromatic N) is 1. The number of rotatable bonds is 8. The van der Waals surface area contributed by atoms with Crippen molar-refractivity contribution in [3.63, 3.8) is 0 Å². The molecule has 0 aliphatic carbocycles. The first kappa shape index (κ1) is 24.9. The summed E-state index contributed by atoms with van der Waals surface area (Å²) >= 11 is 0. The lowest BCUT2D eigenvalue weighted by Gasteiger charge is -2.30. The van der Waals surface area contributed by atoms with Crippen LogP contribution in [0.4, 0.5) is 14.5 Å². The first-order valence-electron chi connectivity index (χ1n) is 10.9. The molecule has 1 saturated heterocycles. The molecule has 2 aromatic carbocycles. The summed E-state index contributed by atoms with van der Waals surface area (Å²) < 4.78 is 34.8. The smallest absolute Gasteiger partial charge is 0.387 e. The Morgan fingerprint density at radius 3 is 2.35 bits per heavy atom. The van der Waals surface area contributed by atoms with Crippen molar-refractivity contribution in [1.82, 2.24) is 4.90 Å². The Balaban J connectivity index is 1.47. The van der Waals surface area contributed by atoms with Crippen LogP contribution in [0.5, 0.6) is 5.75 Å². The number of hydrogen-bond acceptors (Lipinski definition) is 5. The molecule has 1 unspecified atom stereocenters. The quantitative estimate of drug-likeness (QED) is 0.462. The molecule has 1 N–H and O–H groups in total. The van der Waals surface area contributed by atoms with E-state index in [9.17, 15) is 23.2 Å². The lowest BCUT2D eigenvalue weighted by molar-refractivity contribution is -0.159. The summed E-state index contributed by atoms with van der Waals surface area (Å²) in [5.74, 6) is -1.97. The number of hydrogen-bond donors (Lipinski definition) is 1. The SMILES string of the molecule is CC(OC(=O)C1CCN(C(=O)/C=C/c2ccccc2)CC1)C(=O)Nc1ccccc1OC(F)F. The van der Waals surface area contributed by atoms with Gasteiger partial charge < -0.3 is 19.7 Å². The lowest BCUT2D eigenvalue weighted by Crippen LogP contribution is -2.41. The molecule has 1 aliphatic heterocycles. The molecule has 0 saturated carbocycles. The normalized spacial score (nSPS) is 15.2. The summed E-state index contributed by atoms with van der Waals surface area (Å²) in [6.45, 7) is -0.843. The Kier molecular flexibility index (Phi) is 8.73. The van der Waals surface area contributed by atoms with Gasteiger partial charge in [0.15, 0.2) is 6.10 Å². The number of anilines is 1. The van der Waals surface area contributed by atoms with Crippen molar-refractivity contribution in [2.75, 3.05) is 18.4 Å². The van der Waals surface area contributed by atoms with E-state index in [1.165, 1.54) is 31.2 Å². The minimum atomic E-state index is -3.04. The summed E-state index contributed by atoms with van der Waals surface area (Å²) in [7, 11) is 0. The van der Waals surface area contributed by atoms with Gasteiger partial charge in [0.1, 0.15) is 5.75 Å². The van der Waals surface area contributed by atoms with E-state index in [2.05, 4.69) is 10.1 Å². The Morgan fingerprint density at radius 1 is 1.03 bits per heavy atom. The zero-order chi connectivity index (χ0) is 24.5. The second kappa shape index (κ2) is 11.9. The van der Waals surface area contributed by atoms with E-state index in [0.29, 0.717) is 25.9 Å². The fourth-order valence-corrected chi connectivity index (χ4v) is 3.50. The van der Waals surface area contributed by atoms with Gasteiger partial charge in [-0.15, -0.1) is 0 Å². The molecule has 2 aromatic rings. The number of piperidine rings is 1. The van der Waals surface area contributed by atoms with Crippen LogP contribution >= 0.6 is 0 Å². The van der Waals surface area contributed by atoms with Crippen LogP contribution in [0, 0.1) is 5.92 Å². The molecule has 7 nitrogen and oxygen atoms in total. The molecule has 0 aromatic heterocycles. The average molecular weight is 472 g/mol. The highest BCUT2D eigenvalue weighted by Gasteiger charge is 2.30. The molecule has 3 rings (SSSR count). The number of carbonyl (C=O) groups is 3. The van der Waals surface area contributed by atoms with Gasteiger partial charge in [0.05, 0.1) is 11.6 Å². The highest BCUT2D eigenvalue weighted by molar-refractivity contribution is 5.96. The topological polar surface area (TPSA) is 84.9 Å². The molecule has 180 valence electrons. The van der Waals surface area contributed by atoms with Gasteiger partial charge in [0.2, 0.25) is 5.91 Å². The second-order valence-corrected chi connectivity index (χ2v) is 7.79. The molecule has 0 radical (unpaired) electrons. The van der Waals surface area contributed by atoms with E-state index >= 15 is 0 Å². The first-order chi connectivity index (χ1) is 16.3. The van der Waals surface area contributed by atoms with Crippen LogP contribution < -0.4 is 10.1 Å². The molecular formula is C25H26F2N2O5. The number of carbonyl (C=O) groups excluding carboxylic acids is 3. The standard InChI is InChI=1S/C25H26F2N2O5/c1-17(23(31)28-20-9-5-6-10-21(20)34-25(26)27)33-24(32)19-13-15-29(16-14-19)22(30)12-11-18-7-3-2-4-8-18/h2-12,17,19,25H,13-16H2,1H3,(H,28,31)/b12-11+. The number of amides is 2. The maximum Gasteiger partial charge on any atom is 0.387 e.